The van der Waals surface area contributed by atoms with E-state index in [4.69, 9.17) is 0 Å². The molecule has 4 aliphatic rings. The average molecular weight is 274 g/mol. The molecule has 0 aliphatic heterocycles. The second-order valence-electron chi connectivity index (χ2n) is 9.06. The van der Waals surface area contributed by atoms with Crippen LogP contribution in [0.4, 0.5) is 0 Å². The van der Waals surface area contributed by atoms with Gasteiger partial charge in [0.05, 0.1) is 0 Å². The second kappa shape index (κ2) is 5.33. The van der Waals surface area contributed by atoms with Gasteiger partial charge in [0.1, 0.15) is 0 Å². The average Bonchev–Trinajstić information content (AvgIpc) is 2.74. The fourth-order valence-electron chi connectivity index (χ4n) is 6.23. The molecule has 0 aromatic rings. The molecule has 0 bridgehead atoms. The second-order valence-corrected chi connectivity index (χ2v) is 9.06. The van der Waals surface area contributed by atoms with Crippen LogP contribution in [0.5, 0.6) is 0 Å². The van der Waals surface area contributed by atoms with Gasteiger partial charge in [0.25, 0.3) is 0 Å². The lowest BCUT2D eigenvalue weighted by Crippen LogP contribution is -2.44. The number of rotatable bonds is 5. The Kier molecular flexibility index (Phi) is 3.63. The molecule has 0 aromatic heterocycles. The summed E-state index contributed by atoms with van der Waals surface area (Å²) in [5.74, 6) is 5.57. The van der Waals surface area contributed by atoms with Crippen LogP contribution in [0.3, 0.4) is 0 Å². The molecule has 4 rings (SSSR count). The van der Waals surface area contributed by atoms with Gasteiger partial charge in [-0.3, -0.25) is 0 Å². The van der Waals surface area contributed by atoms with Gasteiger partial charge in [0.2, 0.25) is 0 Å². The molecule has 0 N–H and O–H groups in total. The van der Waals surface area contributed by atoms with Crippen LogP contribution in [0, 0.1) is 35.0 Å². The van der Waals surface area contributed by atoms with Crippen LogP contribution >= 0.6 is 0 Å². The van der Waals surface area contributed by atoms with E-state index >= 15 is 0 Å². The highest BCUT2D eigenvalue weighted by Gasteiger charge is 2.48. The Morgan fingerprint density at radius 3 is 2.05 bits per heavy atom. The van der Waals surface area contributed by atoms with E-state index < -0.39 is 0 Å². The Morgan fingerprint density at radius 1 is 0.850 bits per heavy atom. The number of hydrogen-bond donors (Lipinski definition) is 0. The van der Waals surface area contributed by atoms with E-state index in [-0.39, 0.29) is 0 Å². The largest absolute Gasteiger partial charge is 0.0622 e. The van der Waals surface area contributed by atoms with Crippen LogP contribution in [-0.4, -0.2) is 0 Å². The predicted octanol–water partition coefficient (Wildman–Crippen LogP) is 6.20. The maximum atomic E-state index is 2.61. The van der Waals surface area contributed by atoms with Gasteiger partial charge in [-0.2, -0.15) is 0 Å². The molecule has 0 heteroatoms. The van der Waals surface area contributed by atoms with E-state index in [1.54, 1.807) is 64.2 Å². The molecule has 0 nitrogen and oxygen atoms in total. The van der Waals surface area contributed by atoms with Crippen molar-refractivity contribution in [2.24, 2.45) is 35.0 Å². The first kappa shape index (κ1) is 13.6. The highest BCUT2D eigenvalue weighted by Crippen LogP contribution is 2.59. The van der Waals surface area contributed by atoms with Crippen LogP contribution in [0.2, 0.25) is 0 Å². The summed E-state index contributed by atoms with van der Waals surface area (Å²) in [5, 5.41) is 0. The van der Waals surface area contributed by atoms with Gasteiger partial charge in [-0.15, -0.1) is 0 Å². The van der Waals surface area contributed by atoms with Gasteiger partial charge >= 0.3 is 0 Å². The summed E-state index contributed by atoms with van der Waals surface area (Å²) >= 11 is 0. The van der Waals surface area contributed by atoms with E-state index in [9.17, 15) is 0 Å². The van der Waals surface area contributed by atoms with Crippen molar-refractivity contribution in [3.8, 4) is 0 Å². The molecular formula is C20H34. The lowest BCUT2D eigenvalue weighted by atomic mass is 9.50. The fraction of sp³-hybridized carbons (Fsp3) is 1.00. The molecule has 20 heavy (non-hydrogen) atoms. The first-order chi connectivity index (χ1) is 9.77. The minimum Gasteiger partial charge on any atom is -0.0622 e. The van der Waals surface area contributed by atoms with Crippen LogP contribution in [0.25, 0.3) is 0 Å². The van der Waals surface area contributed by atoms with Gasteiger partial charge in [0.15, 0.2) is 0 Å². The van der Waals surface area contributed by atoms with Crippen molar-refractivity contribution in [3.05, 3.63) is 0 Å². The van der Waals surface area contributed by atoms with E-state index in [2.05, 4.69) is 6.92 Å². The van der Waals surface area contributed by atoms with Crippen molar-refractivity contribution in [2.75, 3.05) is 0 Å². The molecule has 4 aliphatic carbocycles. The molecular weight excluding hydrogens is 240 g/mol. The van der Waals surface area contributed by atoms with Gasteiger partial charge in [-0.05, 0) is 80.0 Å². The van der Waals surface area contributed by atoms with Crippen LogP contribution < -0.4 is 0 Å². The van der Waals surface area contributed by atoms with Gasteiger partial charge in [-0.1, -0.05) is 45.4 Å². The predicted molar refractivity (Wildman–Crippen MR) is 85.6 cm³/mol. The molecule has 0 aromatic carbocycles. The third-order valence-electron chi connectivity index (χ3n) is 8.13. The van der Waals surface area contributed by atoms with Crippen LogP contribution in [0.1, 0.15) is 90.4 Å². The lowest BCUT2D eigenvalue weighted by molar-refractivity contribution is -0.0401. The van der Waals surface area contributed by atoms with Crippen LogP contribution in [-0.2, 0) is 0 Å². The summed E-state index contributed by atoms with van der Waals surface area (Å²) in [7, 11) is 0. The maximum absolute atomic E-state index is 2.61. The molecule has 1 unspecified atom stereocenters. The zero-order valence-electron chi connectivity index (χ0n) is 13.6. The molecule has 0 radical (unpaired) electrons. The zero-order chi connectivity index (χ0) is 13.6. The van der Waals surface area contributed by atoms with E-state index in [0.29, 0.717) is 0 Å². The minimum atomic E-state index is 0.843. The Hall–Kier alpha value is 0. The van der Waals surface area contributed by atoms with Crippen molar-refractivity contribution in [2.45, 2.75) is 90.4 Å². The standard InChI is InChI=1S/C20H34/c1-15(14-20(10-5-11-20)19-8-4-9-19)17-12-18(13-17)16-6-2-3-7-16/h15-19H,2-14H2,1H3. The Bertz CT molecular complexity index is 324. The van der Waals surface area contributed by atoms with Crippen molar-refractivity contribution >= 4 is 0 Å². The summed E-state index contributed by atoms with van der Waals surface area (Å²) in [6.45, 7) is 2.61. The quantitative estimate of drug-likeness (QED) is 0.560. The zero-order valence-corrected chi connectivity index (χ0v) is 13.6. The molecule has 4 fully saturated rings. The van der Waals surface area contributed by atoms with Crippen molar-refractivity contribution < 1.29 is 0 Å². The smallest absolute Gasteiger partial charge is 0.0267 e. The van der Waals surface area contributed by atoms with Crippen LogP contribution in [0.15, 0.2) is 0 Å². The summed E-state index contributed by atoms with van der Waals surface area (Å²) in [5.41, 5.74) is 0.843. The molecule has 4 saturated carbocycles. The summed E-state index contributed by atoms with van der Waals surface area (Å²) in [4.78, 5) is 0. The topological polar surface area (TPSA) is 0 Å². The van der Waals surface area contributed by atoms with Crippen molar-refractivity contribution in [3.63, 3.8) is 0 Å². The molecule has 0 spiro atoms. The number of hydrogen-bond acceptors (Lipinski definition) is 0. The third kappa shape index (κ3) is 2.26. The molecule has 1 atom stereocenters. The highest BCUT2D eigenvalue weighted by atomic mass is 14.5. The summed E-state index contributed by atoms with van der Waals surface area (Å²) in [6, 6.07) is 0. The molecule has 114 valence electrons. The summed E-state index contributed by atoms with van der Waals surface area (Å²) < 4.78 is 0. The summed E-state index contributed by atoms with van der Waals surface area (Å²) in [6.07, 6.45) is 20.4. The normalized spacial score (nSPS) is 38.9. The Labute approximate surface area is 126 Å². The first-order valence-corrected chi connectivity index (χ1v) is 9.77. The van der Waals surface area contributed by atoms with Gasteiger partial charge < -0.3 is 0 Å². The highest BCUT2D eigenvalue weighted by molar-refractivity contribution is 4.99. The van der Waals surface area contributed by atoms with E-state index in [0.717, 1.165) is 35.0 Å². The van der Waals surface area contributed by atoms with Gasteiger partial charge in [-0.25, -0.2) is 0 Å². The first-order valence-electron chi connectivity index (χ1n) is 9.77. The van der Waals surface area contributed by atoms with Crippen molar-refractivity contribution in [1.29, 1.82) is 0 Å². The van der Waals surface area contributed by atoms with Gasteiger partial charge in [0, 0.05) is 0 Å². The lowest BCUT2D eigenvalue weighted by Gasteiger charge is -2.55. The monoisotopic (exact) mass is 274 g/mol. The minimum absolute atomic E-state index is 0.843. The SMILES string of the molecule is CC(CC1(C2CCC2)CCC1)C1CC(C2CCCC2)C1. The fourth-order valence-corrected chi connectivity index (χ4v) is 6.23. The Balaban J connectivity index is 1.27. The van der Waals surface area contributed by atoms with E-state index in [1.807, 2.05) is 0 Å². The molecule has 0 amide bonds. The third-order valence-corrected chi connectivity index (χ3v) is 8.13. The van der Waals surface area contributed by atoms with E-state index in [1.165, 1.54) is 19.3 Å². The molecule has 0 saturated heterocycles. The Morgan fingerprint density at radius 2 is 1.55 bits per heavy atom. The maximum Gasteiger partial charge on any atom is -0.0267 e. The molecule has 0 heterocycles. The van der Waals surface area contributed by atoms with Crippen molar-refractivity contribution in [1.82, 2.24) is 0 Å².